The molecular formula is C15H20O3. The summed E-state index contributed by atoms with van der Waals surface area (Å²) in [6.07, 6.45) is 1.49. The van der Waals surface area contributed by atoms with Crippen molar-refractivity contribution in [2.24, 2.45) is 5.41 Å². The Balaban J connectivity index is 2.14. The minimum absolute atomic E-state index is 0.247. The van der Waals surface area contributed by atoms with Gasteiger partial charge in [0.1, 0.15) is 11.9 Å². The van der Waals surface area contributed by atoms with Crippen LogP contribution in [0.3, 0.4) is 0 Å². The molecule has 3 nitrogen and oxygen atoms in total. The van der Waals surface area contributed by atoms with Crippen molar-refractivity contribution in [3.63, 3.8) is 0 Å². The van der Waals surface area contributed by atoms with Crippen LogP contribution in [0.25, 0.3) is 0 Å². The lowest BCUT2D eigenvalue weighted by molar-refractivity contribution is 0.0442. The number of ether oxygens (including phenoxy) is 1. The lowest BCUT2D eigenvalue weighted by Crippen LogP contribution is -2.34. The molecule has 1 aliphatic rings. The first-order valence-electron chi connectivity index (χ1n) is 6.37. The highest BCUT2D eigenvalue weighted by Crippen LogP contribution is 2.28. The summed E-state index contributed by atoms with van der Waals surface area (Å²) in [4.78, 5) is 12.1. The summed E-state index contributed by atoms with van der Waals surface area (Å²) in [5.41, 5.74) is 0.0559. The van der Waals surface area contributed by atoms with Gasteiger partial charge in [0.2, 0.25) is 0 Å². The molecule has 1 unspecified atom stereocenters. The molecule has 1 N–H and O–H groups in total. The Kier molecular flexibility index (Phi) is 3.44. The van der Waals surface area contributed by atoms with E-state index in [1.807, 2.05) is 26.8 Å². The smallest absolute Gasteiger partial charge is 0.191 e. The number of hydrogen-bond donors (Lipinski definition) is 1. The monoisotopic (exact) mass is 248 g/mol. The topological polar surface area (TPSA) is 46.5 Å². The van der Waals surface area contributed by atoms with E-state index in [2.05, 4.69) is 0 Å². The molecule has 2 rings (SSSR count). The molecular weight excluding hydrogens is 228 g/mol. The Bertz CT molecular complexity index is 441. The number of Topliss-reactive ketones (excluding diaryl/α,β-unsaturated/α-hetero) is 1. The molecule has 0 bridgehead atoms. The number of carbonyl (C=O) groups excluding carboxylic acids is 1. The molecule has 0 aliphatic heterocycles. The third kappa shape index (κ3) is 3.10. The number of rotatable bonds is 4. The third-order valence-electron chi connectivity index (χ3n) is 3.01. The van der Waals surface area contributed by atoms with Crippen LogP contribution < -0.4 is 4.74 Å². The van der Waals surface area contributed by atoms with Gasteiger partial charge in [-0.15, -0.1) is 0 Å². The molecule has 0 amide bonds. The predicted molar refractivity (Wildman–Crippen MR) is 69.9 cm³/mol. The summed E-state index contributed by atoms with van der Waals surface area (Å²) in [7, 11) is 0. The Morgan fingerprint density at radius 3 is 2.61 bits per heavy atom. The van der Waals surface area contributed by atoms with Gasteiger partial charge >= 0.3 is 0 Å². The normalized spacial score (nSPS) is 17.3. The van der Waals surface area contributed by atoms with Crippen LogP contribution >= 0.6 is 0 Å². The van der Waals surface area contributed by atoms with Gasteiger partial charge < -0.3 is 9.84 Å². The standard InChI is InChI=1S/C15H20O3/c1-15(2,3)14(17)13(16)10-5-4-6-12(9-10)18-11-7-8-11/h4-6,9,11,14,17H,7-8H2,1-3H3. The molecule has 3 heteroatoms. The molecule has 18 heavy (non-hydrogen) atoms. The van der Waals surface area contributed by atoms with E-state index < -0.39 is 11.5 Å². The number of aliphatic hydroxyl groups excluding tert-OH is 1. The third-order valence-corrected chi connectivity index (χ3v) is 3.01. The van der Waals surface area contributed by atoms with Gasteiger partial charge in [-0.3, -0.25) is 4.79 Å². The van der Waals surface area contributed by atoms with Crippen molar-refractivity contribution < 1.29 is 14.6 Å². The van der Waals surface area contributed by atoms with Gasteiger partial charge in [-0.25, -0.2) is 0 Å². The van der Waals surface area contributed by atoms with Crippen LogP contribution in [0.2, 0.25) is 0 Å². The highest BCUT2D eigenvalue weighted by atomic mass is 16.5. The molecule has 1 saturated carbocycles. The Hall–Kier alpha value is -1.35. The number of carbonyl (C=O) groups is 1. The number of benzene rings is 1. The van der Waals surface area contributed by atoms with E-state index in [1.54, 1.807) is 18.2 Å². The SMILES string of the molecule is CC(C)(C)C(O)C(=O)c1cccc(OC2CC2)c1. The molecule has 1 fully saturated rings. The van der Waals surface area contributed by atoms with Crippen molar-refractivity contribution in [2.45, 2.75) is 45.8 Å². The van der Waals surface area contributed by atoms with Gasteiger partial charge in [0, 0.05) is 5.56 Å². The fraction of sp³-hybridized carbons (Fsp3) is 0.533. The zero-order valence-corrected chi connectivity index (χ0v) is 11.1. The van der Waals surface area contributed by atoms with E-state index in [1.165, 1.54) is 0 Å². The van der Waals surface area contributed by atoms with Gasteiger partial charge in [-0.1, -0.05) is 32.9 Å². The van der Waals surface area contributed by atoms with E-state index in [9.17, 15) is 9.90 Å². The van der Waals surface area contributed by atoms with Crippen molar-refractivity contribution in [1.29, 1.82) is 0 Å². The summed E-state index contributed by atoms with van der Waals surface area (Å²) < 4.78 is 5.65. The fourth-order valence-electron chi connectivity index (χ4n) is 1.65. The van der Waals surface area contributed by atoms with E-state index in [0.717, 1.165) is 12.8 Å². The zero-order valence-electron chi connectivity index (χ0n) is 11.1. The van der Waals surface area contributed by atoms with Crippen molar-refractivity contribution in [2.75, 3.05) is 0 Å². The molecule has 1 aromatic carbocycles. The molecule has 1 atom stereocenters. The van der Waals surface area contributed by atoms with Crippen LogP contribution in [0, 0.1) is 5.41 Å². The summed E-state index contributed by atoms with van der Waals surface area (Å²) in [5, 5.41) is 10.0. The average Bonchev–Trinajstić information content (AvgIpc) is 3.10. The van der Waals surface area contributed by atoms with Crippen LogP contribution in [0.1, 0.15) is 44.0 Å². The summed E-state index contributed by atoms with van der Waals surface area (Å²) in [6.45, 7) is 5.54. The second-order valence-electron chi connectivity index (χ2n) is 5.98. The van der Waals surface area contributed by atoms with Crippen molar-refractivity contribution in [3.05, 3.63) is 29.8 Å². The maximum atomic E-state index is 12.1. The van der Waals surface area contributed by atoms with Crippen LogP contribution in [0.4, 0.5) is 0 Å². The van der Waals surface area contributed by atoms with Gasteiger partial charge in [0.25, 0.3) is 0 Å². The van der Waals surface area contributed by atoms with Gasteiger partial charge in [0.15, 0.2) is 5.78 Å². The number of hydrogen-bond acceptors (Lipinski definition) is 3. The average molecular weight is 248 g/mol. The molecule has 1 aliphatic carbocycles. The predicted octanol–water partition coefficient (Wildman–Crippen LogP) is 2.82. The minimum Gasteiger partial charge on any atom is -0.490 e. The highest BCUT2D eigenvalue weighted by molar-refractivity contribution is 6.00. The molecule has 0 radical (unpaired) electrons. The maximum Gasteiger partial charge on any atom is 0.191 e. The van der Waals surface area contributed by atoms with Crippen LogP contribution in [0.5, 0.6) is 5.75 Å². The Labute approximate surface area is 108 Å². The van der Waals surface area contributed by atoms with E-state index in [0.29, 0.717) is 17.4 Å². The van der Waals surface area contributed by atoms with Crippen LogP contribution in [-0.4, -0.2) is 23.1 Å². The van der Waals surface area contributed by atoms with E-state index in [-0.39, 0.29) is 5.78 Å². The lowest BCUT2D eigenvalue weighted by Gasteiger charge is -2.24. The first-order valence-corrected chi connectivity index (χ1v) is 6.37. The highest BCUT2D eigenvalue weighted by Gasteiger charge is 2.30. The van der Waals surface area contributed by atoms with Crippen LogP contribution in [0.15, 0.2) is 24.3 Å². The van der Waals surface area contributed by atoms with Gasteiger partial charge in [-0.2, -0.15) is 0 Å². The van der Waals surface area contributed by atoms with Crippen molar-refractivity contribution in [3.8, 4) is 5.75 Å². The first-order chi connectivity index (χ1) is 8.38. The van der Waals surface area contributed by atoms with Crippen molar-refractivity contribution in [1.82, 2.24) is 0 Å². The lowest BCUT2D eigenvalue weighted by atomic mass is 9.84. The summed E-state index contributed by atoms with van der Waals surface area (Å²) in [6, 6.07) is 7.07. The number of ketones is 1. The van der Waals surface area contributed by atoms with Gasteiger partial charge in [0.05, 0.1) is 6.10 Å². The van der Waals surface area contributed by atoms with Crippen molar-refractivity contribution >= 4 is 5.78 Å². The molecule has 0 aromatic heterocycles. The molecule has 0 spiro atoms. The zero-order chi connectivity index (χ0) is 13.3. The molecule has 0 heterocycles. The van der Waals surface area contributed by atoms with Gasteiger partial charge in [-0.05, 0) is 30.4 Å². The largest absolute Gasteiger partial charge is 0.490 e. The number of aliphatic hydroxyl groups is 1. The molecule has 0 saturated heterocycles. The Morgan fingerprint density at radius 2 is 2.06 bits per heavy atom. The molecule has 98 valence electrons. The second kappa shape index (κ2) is 4.73. The summed E-state index contributed by atoms with van der Waals surface area (Å²) in [5.74, 6) is 0.466. The fourth-order valence-corrected chi connectivity index (χ4v) is 1.65. The first kappa shape index (κ1) is 13.1. The van der Waals surface area contributed by atoms with E-state index >= 15 is 0 Å². The second-order valence-corrected chi connectivity index (χ2v) is 5.98. The minimum atomic E-state index is -0.992. The van der Waals surface area contributed by atoms with Crippen LogP contribution in [-0.2, 0) is 0 Å². The van der Waals surface area contributed by atoms with E-state index in [4.69, 9.17) is 4.74 Å². The summed E-state index contributed by atoms with van der Waals surface area (Å²) >= 11 is 0. The Morgan fingerprint density at radius 1 is 1.39 bits per heavy atom. The quantitative estimate of drug-likeness (QED) is 0.833. The maximum absolute atomic E-state index is 12.1. The molecule has 1 aromatic rings.